The van der Waals surface area contributed by atoms with Crippen molar-refractivity contribution in [2.45, 2.75) is 51.1 Å². The lowest BCUT2D eigenvalue weighted by molar-refractivity contribution is -0.127. The Balaban J connectivity index is 1.30. The van der Waals surface area contributed by atoms with E-state index in [0.717, 1.165) is 42.3 Å². The largest absolute Gasteiger partial charge is 0.393 e. The molecule has 0 unspecified atom stereocenters. The Morgan fingerprint density at radius 3 is 2.69 bits per heavy atom. The third-order valence-electron chi connectivity index (χ3n) is 7.02. The third-order valence-corrected chi connectivity index (χ3v) is 8.19. The van der Waals surface area contributed by atoms with Crippen LogP contribution in [0.3, 0.4) is 0 Å². The average Bonchev–Trinajstić information content (AvgIpc) is 3.18. The maximum absolute atomic E-state index is 13.6. The minimum Gasteiger partial charge on any atom is -0.303 e. The number of aryl methyl sites for hydroxylation is 1. The molecule has 11 heteroatoms. The van der Waals surface area contributed by atoms with Crippen LogP contribution < -0.4 is 0 Å². The average molecular weight is 502 g/mol. The van der Waals surface area contributed by atoms with Gasteiger partial charge in [0.05, 0.1) is 17.8 Å². The Hall–Kier alpha value is -2.79. The number of nitrogens with one attached hydrogen (secondary N) is 1. The summed E-state index contributed by atoms with van der Waals surface area (Å²) in [5.74, 6) is 1.29. The quantitative estimate of drug-likeness (QED) is 0.391. The molecule has 1 N–H and O–H groups in total. The Morgan fingerprint density at radius 1 is 1.14 bits per heavy atom. The van der Waals surface area contributed by atoms with Crippen molar-refractivity contribution in [3.8, 4) is 22.0 Å². The first-order valence-electron chi connectivity index (χ1n) is 12.0. The van der Waals surface area contributed by atoms with E-state index in [0.29, 0.717) is 27.8 Å². The molecule has 0 atom stereocenters. The van der Waals surface area contributed by atoms with Gasteiger partial charge in [-0.25, -0.2) is 14.5 Å². The van der Waals surface area contributed by atoms with E-state index in [1.165, 1.54) is 37.1 Å². The number of hydrogen-bond acceptors (Lipinski definition) is 6. The topological polar surface area (TPSA) is 75.0 Å². The first kappa shape index (κ1) is 22.7. The van der Waals surface area contributed by atoms with Crippen LogP contribution >= 0.6 is 11.3 Å². The molecular formula is C24H26F3N7S. The van der Waals surface area contributed by atoms with Crippen LogP contribution in [0.25, 0.3) is 27.6 Å². The van der Waals surface area contributed by atoms with Gasteiger partial charge in [-0.05, 0) is 69.2 Å². The molecule has 0 bridgehead atoms. The molecule has 35 heavy (non-hydrogen) atoms. The molecule has 1 aliphatic carbocycles. The van der Waals surface area contributed by atoms with E-state index < -0.39 is 12.6 Å². The molecule has 2 aliphatic rings. The highest BCUT2D eigenvalue weighted by atomic mass is 32.1. The maximum atomic E-state index is 13.6. The van der Waals surface area contributed by atoms with Crippen LogP contribution in [0.2, 0.25) is 0 Å². The summed E-state index contributed by atoms with van der Waals surface area (Å²) in [7, 11) is 0. The molecule has 0 aromatic carbocycles. The molecule has 5 heterocycles. The number of halogens is 3. The number of pyridine rings is 1. The summed E-state index contributed by atoms with van der Waals surface area (Å²) < 4.78 is 42.5. The van der Waals surface area contributed by atoms with Crippen molar-refractivity contribution in [2.75, 3.05) is 19.6 Å². The Labute approximate surface area is 204 Å². The van der Waals surface area contributed by atoms with Gasteiger partial charge < -0.3 is 4.90 Å². The molecule has 7 nitrogen and oxygen atoms in total. The first-order valence-corrected chi connectivity index (χ1v) is 12.8. The van der Waals surface area contributed by atoms with Crippen molar-refractivity contribution in [2.24, 2.45) is 5.92 Å². The van der Waals surface area contributed by atoms with Gasteiger partial charge in [-0.2, -0.15) is 23.4 Å². The number of piperidine rings is 1. The number of rotatable bonds is 6. The zero-order chi connectivity index (χ0) is 24.2. The lowest BCUT2D eigenvalue weighted by Crippen LogP contribution is -2.34. The van der Waals surface area contributed by atoms with Crippen molar-refractivity contribution in [1.82, 2.24) is 34.7 Å². The van der Waals surface area contributed by atoms with Crippen LogP contribution in [0.1, 0.15) is 47.6 Å². The third kappa shape index (κ3) is 4.71. The van der Waals surface area contributed by atoms with E-state index >= 15 is 0 Å². The van der Waals surface area contributed by atoms with Crippen LogP contribution in [0.15, 0.2) is 24.8 Å². The van der Waals surface area contributed by atoms with E-state index in [4.69, 9.17) is 0 Å². The number of likely N-dealkylation sites (tertiary alicyclic amines) is 1. The Morgan fingerprint density at radius 2 is 1.94 bits per heavy atom. The molecule has 0 amide bonds. The van der Waals surface area contributed by atoms with Crippen LogP contribution in [-0.2, 0) is 6.42 Å². The monoisotopic (exact) mass is 501 g/mol. The zero-order valence-electron chi connectivity index (χ0n) is 19.3. The standard InChI is InChI=1S/C24H26F3N7S/c1-14-8-17(12-34-22(14)29-13-30-34)20-18(9-24(25,26)27)21(32-31-20)23-28-10-19(35-23)16-4-6-33(7-5-16)11-15-2-3-15/h8,10,12-13,15-16H,2-7,9,11H2,1H3,(H,31,32). The Bertz CT molecular complexity index is 1340. The van der Waals surface area contributed by atoms with Gasteiger partial charge in [0.25, 0.3) is 0 Å². The molecule has 184 valence electrons. The number of H-pyrrole nitrogens is 1. The van der Waals surface area contributed by atoms with Crippen molar-refractivity contribution < 1.29 is 13.2 Å². The van der Waals surface area contributed by atoms with Crippen molar-refractivity contribution in [3.05, 3.63) is 40.8 Å². The normalized spacial score (nSPS) is 18.1. The number of hydrogen-bond donors (Lipinski definition) is 1. The van der Waals surface area contributed by atoms with Crippen molar-refractivity contribution in [3.63, 3.8) is 0 Å². The van der Waals surface area contributed by atoms with Crippen molar-refractivity contribution >= 4 is 17.0 Å². The van der Waals surface area contributed by atoms with E-state index in [-0.39, 0.29) is 11.3 Å². The second-order valence-corrected chi connectivity index (χ2v) is 10.8. The van der Waals surface area contributed by atoms with E-state index in [9.17, 15) is 13.2 Å². The van der Waals surface area contributed by atoms with Gasteiger partial charge in [0.15, 0.2) is 5.65 Å². The highest BCUT2D eigenvalue weighted by molar-refractivity contribution is 7.15. The molecule has 6 rings (SSSR count). The van der Waals surface area contributed by atoms with Gasteiger partial charge in [-0.1, -0.05) is 0 Å². The fourth-order valence-corrected chi connectivity index (χ4v) is 6.14. The molecule has 0 spiro atoms. The molecule has 0 radical (unpaired) electrons. The predicted octanol–water partition coefficient (Wildman–Crippen LogP) is 5.25. The van der Waals surface area contributed by atoms with Gasteiger partial charge in [-0.3, -0.25) is 5.10 Å². The van der Waals surface area contributed by atoms with Crippen LogP contribution in [-0.4, -0.2) is 60.5 Å². The summed E-state index contributed by atoms with van der Waals surface area (Å²) in [4.78, 5) is 12.4. The fourth-order valence-electron chi connectivity index (χ4n) is 5.03. The molecule has 4 aromatic heterocycles. The Kier molecular flexibility index (Phi) is 5.63. The second kappa shape index (κ2) is 8.70. The number of nitrogens with zero attached hydrogens (tertiary/aromatic N) is 6. The summed E-state index contributed by atoms with van der Waals surface area (Å²) in [5.41, 5.74) is 2.75. The van der Waals surface area contributed by atoms with Crippen LogP contribution in [0.4, 0.5) is 13.2 Å². The van der Waals surface area contributed by atoms with Gasteiger partial charge in [0, 0.05) is 34.9 Å². The fraction of sp³-hybridized carbons (Fsp3) is 0.500. The first-order chi connectivity index (χ1) is 16.8. The lowest BCUT2D eigenvalue weighted by atomic mass is 9.95. The van der Waals surface area contributed by atoms with E-state index in [1.54, 1.807) is 16.8 Å². The number of alkyl halides is 3. The summed E-state index contributed by atoms with van der Waals surface area (Å²) >= 11 is 1.48. The number of aromatic nitrogens is 6. The number of fused-ring (bicyclic) bond motifs is 1. The molecule has 2 fully saturated rings. The minimum atomic E-state index is -4.38. The number of thiazole rings is 1. The van der Waals surface area contributed by atoms with Gasteiger partial charge in [0.1, 0.15) is 11.3 Å². The maximum Gasteiger partial charge on any atom is 0.393 e. The molecule has 1 saturated heterocycles. The molecule has 4 aromatic rings. The van der Waals surface area contributed by atoms with Gasteiger partial charge in [-0.15, -0.1) is 11.3 Å². The summed E-state index contributed by atoms with van der Waals surface area (Å²) in [6.45, 7) is 5.21. The molecule has 1 saturated carbocycles. The van der Waals surface area contributed by atoms with Gasteiger partial charge >= 0.3 is 6.18 Å². The molecular weight excluding hydrogens is 475 g/mol. The summed E-state index contributed by atoms with van der Waals surface area (Å²) in [6.07, 6.45) is 4.30. The van der Waals surface area contributed by atoms with E-state index in [2.05, 4.69) is 30.2 Å². The van der Waals surface area contributed by atoms with Crippen LogP contribution in [0, 0.1) is 12.8 Å². The van der Waals surface area contributed by atoms with Gasteiger partial charge in [0.2, 0.25) is 0 Å². The number of aromatic amines is 1. The minimum absolute atomic E-state index is 0.108. The highest BCUT2D eigenvalue weighted by Crippen LogP contribution is 2.40. The summed E-state index contributed by atoms with van der Waals surface area (Å²) in [6, 6.07) is 1.80. The SMILES string of the molecule is Cc1cc(-c2n[nH]c(-c3ncc(C4CCN(CC5CC5)CC4)s3)c2CC(F)(F)F)cn2ncnc12. The van der Waals surface area contributed by atoms with Crippen LogP contribution in [0.5, 0.6) is 0 Å². The lowest BCUT2D eigenvalue weighted by Gasteiger charge is -2.31. The predicted molar refractivity (Wildman–Crippen MR) is 127 cm³/mol. The van der Waals surface area contributed by atoms with E-state index in [1.807, 2.05) is 13.1 Å². The zero-order valence-corrected chi connectivity index (χ0v) is 20.2. The molecule has 1 aliphatic heterocycles. The second-order valence-electron chi connectivity index (χ2n) is 9.74. The smallest absolute Gasteiger partial charge is 0.303 e. The highest BCUT2D eigenvalue weighted by Gasteiger charge is 2.34. The van der Waals surface area contributed by atoms with Crippen molar-refractivity contribution in [1.29, 1.82) is 0 Å². The summed E-state index contributed by atoms with van der Waals surface area (Å²) in [5, 5.41) is 11.9.